The molecule has 2 aliphatic rings. The third-order valence-electron chi connectivity index (χ3n) is 5.97. The Hall–Kier alpha value is -2.38. The lowest BCUT2D eigenvalue weighted by molar-refractivity contribution is -0.117. The van der Waals surface area contributed by atoms with Crippen molar-refractivity contribution >= 4 is 27.3 Å². The minimum atomic E-state index is -3.63. The number of nitrogens with one attached hydrogen (secondary N) is 1. The highest BCUT2D eigenvalue weighted by molar-refractivity contribution is 7.89. The summed E-state index contributed by atoms with van der Waals surface area (Å²) in [5, 5.41) is 0. The lowest BCUT2D eigenvalue weighted by Gasteiger charge is -2.28. The Morgan fingerprint density at radius 3 is 2.30 bits per heavy atom. The van der Waals surface area contributed by atoms with Gasteiger partial charge in [-0.25, -0.2) is 13.1 Å². The summed E-state index contributed by atoms with van der Waals surface area (Å²) in [6.45, 7) is 4.96. The minimum Gasteiger partial charge on any atom is -0.372 e. The molecule has 0 bridgehead atoms. The van der Waals surface area contributed by atoms with Gasteiger partial charge in [0.05, 0.1) is 4.90 Å². The van der Waals surface area contributed by atoms with Crippen LogP contribution in [0.3, 0.4) is 0 Å². The van der Waals surface area contributed by atoms with E-state index in [0.717, 1.165) is 36.3 Å². The smallest absolute Gasteiger partial charge is 0.240 e. The number of sulfonamides is 1. The molecule has 6 nitrogen and oxygen atoms in total. The van der Waals surface area contributed by atoms with Crippen LogP contribution in [0.25, 0.3) is 0 Å². The normalized spacial score (nSPS) is 17.6. The van der Waals surface area contributed by atoms with Crippen LogP contribution < -0.4 is 14.5 Å². The number of hydrogen-bond acceptors (Lipinski definition) is 4. The van der Waals surface area contributed by atoms with Crippen molar-refractivity contribution in [2.24, 2.45) is 0 Å². The molecular formula is C23H29N3O3S. The second-order valence-corrected chi connectivity index (χ2v) is 9.90. The molecule has 2 aliphatic heterocycles. The SMILES string of the molecule is Cc1cc(S(=O)(=O)NCc2ccc(N3CCCCC3)cc2)ccc1N1CCCC1=O. The summed E-state index contributed by atoms with van der Waals surface area (Å²) in [5.74, 6) is 0.0971. The molecule has 30 heavy (non-hydrogen) atoms. The van der Waals surface area contributed by atoms with Crippen LogP contribution >= 0.6 is 0 Å². The van der Waals surface area contributed by atoms with E-state index in [9.17, 15) is 13.2 Å². The molecule has 2 aromatic carbocycles. The quantitative estimate of drug-likeness (QED) is 0.765. The highest BCUT2D eigenvalue weighted by atomic mass is 32.2. The Morgan fingerprint density at radius 1 is 0.933 bits per heavy atom. The van der Waals surface area contributed by atoms with E-state index in [2.05, 4.69) is 21.8 Å². The van der Waals surface area contributed by atoms with Crippen LogP contribution in [0.2, 0.25) is 0 Å². The van der Waals surface area contributed by atoms with Crippen molar-refractivity contribution in [3.63, 3.8) is 0 Å². The third-order valence-corrected chi connectivity index (χ3v) is 7.37. The van der Waals surface area contributed by atoms with Gasteiger partial charge in [-0.3, -0.25) is 4.79 Å². The largest absolute Gasteiger partial charge is 0.372 e. The summed E-state index contributed by atoms with van der Waals surface area (Å²) in [5.41, 5.74) is 3.71. The number of amides is 1. The number of hydrogen-bond donors (Lipinski definition) is 1. The van der Waals surface area contributed by atoms with Crippen LogP contribution in [0, 0.1) is 6.92 Å². The van der Waals surface area contributed by atoms with Gasteiger partial charge in [0.15, 0.2) is 0 Å². The van der Waals surface area contributed by atoms with Gasteiger partial charge >= 0.3 is 0 Å². The first kappa shape index (κ1) is 20.9. The molecule has 7 heteroatoms. The van der Waals surface area contributed by atoms with E-state index < -0.39 is 10.0 Å². The van der Waals surface area contributed by atoms with Crippen molar-refractivity contribution in [3.05, 3.63) is 53.6 Å². The molecule has 1 N–H and O–H groups in total. The summed E-state index contributed by atoms with van der Waals surface area (Å²) >= 11 is 0. The average Bonchev–Trinajstić information content (AvgIpc) is 3.19. The summed E-state index contributed by atoms with van der Waals surface area (Å²) < 4.78 is 28.2. The van der Waals surface area contributed by atoms with Crippen molar-refractivity contribution in [2.75, 3.05) is 29.4 Å². The van der Waals surface area contributed by atoms with E-state index in [0.29, 0.717) is 13.0 Å². The number of nitrogens with zero attached hydrogens (tertiary/aromatic N) is 2. The molecule has 0 atom stereocenters. The van der Waals surface area contributed by atoms with Crippen LogP contribution in [-0.2, 0) is 21.4 Å². The van der Waals surface area contributed by atoms with E-state index in [1.165, 1.54) is 24.9 Å². The van der Waals surface area contributed by atoms with Crippen molar-refractivity contribution in [3.8, 4) is 0 Å². The minimum absolute atomic E-state index is 0.0971. The molecule has 4 rings (SSSR count). The molecule has 0 spiro atoms. The van der Waals surface area contributed by atoms with Crippen LogP contribution in [0.1, 0.15) is 43.2 Å². The maximum absolute atomic E-state index is 12.8. The zero-order chi connectivity index (χ0) is 21.1. The van der Waals surface area contributed by atoms with Crippen LogP contribution in [-0.4, -0.2) is 34.0 Å². The first-order valence-electron chi connectivity index (χ1n) is 10.7. The number of carbonyl (C=O) groups is 1. The molecule has 0 aliphatic carbocycles. The number of piperidine rings is 1. The maximum Gasteiger partial charge on any atom is 0.240 e. The highest BCUT2D eigenvalue weighted by Gasteiger charge is 2.24. The summed E-state index contributed by atoms with van der Waals surface area (Å²) in [6, 6.07) is 13.1. The van der Waals surface area contributed by atoms with Gasteiger partial charge in [-0.2, -0.15) is 0 Å². The molecule has 2 aromatic rings. The van der Waals surface area contributed by atoms with Crippen molar-refractivity contribution < 1.29 is 13.2 Å². The molecule has 160 valence electrons. The van der Waals surface area contributed by atoms with Crippen LogP contribution in [0.15, 0.2) is 47.4 Å². The number of aryl methyl sites for hydroxylation is 1. The van der Waals surface area contributed by atoms with Gasteiger partial charge in [-0.15, -0.1) is 0 Å². The van der Waals surface area contributed by atoms with E-state index in [4.69, 9.17) is 0 Å². The Morgan fingerprint density at radius 2 is 1.67 bits per heavy atom. The number of carbonyl (C=O) groups excluding carboxylic acids is 1. The monoisotopic (exact) mass is 427 g/mol. The fourth-order valence-corrected chi connectivity index (χ4v) is 5.34. The Kier molecular flexibility index (Phi) is 6.11. The first-order chi connectivity index (χ1) is 14.4. The van der Waals surface area contributed by atoms with Crippen molar-refractivity contribution in [1.29, 1.82) is 0 Å². The van der Waals surface area contributed by atoms with Crippen molar-refractivity contribution in [2.45, 2.75) is 50.5 Å². The van der Waals surface area contributed by atoms with Gasteiger partial charge in [-0.1, -0.05) is 12.1 Å². The Balaban J connectivity index is 1.41. The fourth-order valence-electron chi connectivity index (χ4n) is 4.24. The van der Waals surface area contributed by atoms with Gasteiger partial charge in [0.25, 0.3) is 0 Å². The molecule has 2 saturated heterocycles. The molecule has 0 saturated carbocycles. The molecule has 0 aromatic heterocycles. The fraction of sp³-hybridized carbons (Fsp3) is 0.435. The second-order valence-electron chi connectivity index (χ2n) is 8.14. The highest BCUT2D eigenvalue weighted by Crippen LogP contribution is 2.27. The van der Waals surface area contributed by atoms with Crippen LogP contribution in [0.4, 0.5) is 11.4 Å². The zero-order valence-corrected chi connectivity index (χ0v) is 18.2. The lowest BCUT2D eigenvalue weighted by atomic mass is 10.1. The topological polar surface area (TPSA) is 69.7 Å². The lowest BCUT2D eigenvalue weighted by Crippen LogP contribution is -2.29. The van der Waals surface area contributed by atoms with E-state index in [1.54, 1.807) is 23.1 Å². The van der Waals surface area contributed by atoms with E-state index in [1.807, 2.05) is 19.1 Å². The van der Waals surface area contributed by atoms with Gasteiger partial charge in [0, 0.05) is 44.0 Å². The molecule has 0 radical (unpaired) electrons. The Bertz CT molecular complexity index is 1010. The van der Waals surface area contributed by atoms with E-state index in [-0.39, 0.29) is 17.3 Å². The molecule has 1 amide bonds. The standard InChI is InChI=1S/C23H29N3O3S/c1-18-16-21(11-12-22(18)26-15-5-6-23(26)27)30(28,29)24-17-19-7-9-20(10-8-19)25-13-3-2-4-14-25/h7-12,16,24H,2-6,13-15,17H2,1H3. The molecule has 2 fully saturated rings. The maximum atomic E-state index is 12.8. The second kappa shape index (κ2) is 8.78. The number of anilines is 2. The van der Waals surface area contributed by atoms with Gasteiger partial charge in [0.1, 0.15) is 0 Å². The predicted octanol–water partition coefficient (Wildman–Crippen LogP) is 3.59. The molecule has 2 heterocycles. The third kappa shape index (κ3) is 4.52. The molecular weight excluding hydrogens is 398 g/mol. The van der Waals surface area contributed by atoms with Gasteiger partial charge in [-0.05, 0) is 74.1 Å². The number of benzene rings is 2. The summed E-state index contributed by atoms with van der Waals surface area (Å²) in [6.07, 6.45) is 5.15. The first-order valence-corrected chi connectivity index (χ1v) is 12.2. The van der Waals surface area contributed by atoms with Gasteiger partial charge in [0.2, 0.25) is 15.9 Å². The summed E-state index contributed by atoms with van der Waals surface area (Å²) in [4.78, 5) is 16.3. The Labute approximate surface area is 178 Å². The van der Waals surface area contributed by atoms with Crippen LogP contribution in [0.5, 0.6) is 0 Å². The average molecular weight is 428 g/mol. The van der Waals surface area contributed by atoms with Gasteiger partial charge < -0.3 is 9.80 Å². The van der Waals surface area contributed by atoms with Crippen molar-refractivity contribution in [1.82, 2.24) is 4.72 Å². The number of rotatable bonds is 6. The zero-order valence-electron chi connectivity index (χ0n) is 17.4. The predicted molar refractivity (Wildman–Crippen MR) is 119 cm³/mol. The summed E-state index contributed by atoms with van der Waals surface area (Å²) in [7, 11) is -3.63. The molecule has 0 unspecified atom stereocenters. The van der Waals surface area contributed by atoms with E-state index >= 15 is 0 Å².